The van der Waals surface area contributed by atoms with E-state index in [1.165, 1.54) is 0 Å². The SMILES string of the molecule is CC(CN=Cc1c[nH]cn1)(CN=Cc1c[nH]cn1)CN=Cc1c[nH]cn1.[Cl-].[Fe+2].[O-][Cl+3]([O-])([O-])[O-]. The van der Waals surface area contributed by atoms with Gasteiger partial charge in [-0.3, -0.25) is 15.0 Å². The van der Waals surface area contributed by atoms with Crippen molar-refractivity contribution in [2.24, 2.45) is 20.4 Å². The van der Waals surface area contributed by atoms with Gasteiger partial charge in [0.15, 0.2) is 0 Å². The van der Waals surface area contributed by atoms with Crippen LogP contribution in [0.5, 0.6) is 0 Å². The third-order valence-electron chi connectivity index (χ3n) is 3.65. The minimum atomic E-state index is -4.94. The molecule has 3 heterocycles. The molecule has 3 aromatic rings. The molecule has 0 aliphatic carbocycles. The number of H-pyrrole nitrogens is 3. The Labute approximate surface area is 208 Å². The van der Waals surface area contributed by atoms with Crippen molar-refractivity contribution >= 4 is 18.6 Å². The van der Waals surface area contributed by atoms with Crippen LogP contribution in [0.4, 0.5) is 0 Å². The number of aromatic amines is 3. The summed E-state index contributed by atoms with van der Waals surface area (Å²) in [5.41, 5.74) is 2.17. The van der Waals surface area contributed by atoms with Crippen LogP contribution < -0.4 is 31.0 Å². The second-order valence-corrected chi connectivity index (χ2v) is 7.34. The molecule has 0 saturated carbocycles. The summed E-state index contributed by atoms with van der Waals surface area (Å²) >= 11 is 0. The summed E-state index contributed by atoms with van der Waals surface area (Å²) in [6.07, 6.45) is 15.5. The van der Waals surface area contributed by atoms with Crippen LogP contribution >= 0.6 is 0 Å². The molecule has 33 heavy (non-hydrogen) atoms. The van der Waals surface area contributed by atoms with Crippen LogP contribution in [0.2, 0.25) is 0 Å². The molecule has 3 rings (SSSR count). The summed E-state index contributed by atoms with van der Waals surface area (Å²) < 4.78 is 34.0. The molecule has 0 atom stereocenters. The molecule has 16 heteroatoms. The summed E-state index contributed by atoms with van der Waals surface area (Å²) in [7, 11) is -4.94. The predicted molar refractivity (Wildman–Crippen MR) is 101 cm³/mol. The minimum absolute atomic E-state index is 0. The molecule has 0 bridgehead atoms. The van der Waals surface area contributed by atoms with Gasteiger partial charge in [0, 0.05) is 62.3 Å². The molecule has 3 aromatic heterocycles. The molecular formula is C17H21Cl2FeN9O4. The van der Waals surface area contributed by atoms with Crippen LogP contribution in [0.1, 0.15) is 24.0 Å². The molecule has 0 spiro atoms. The first-order valence-corrected chi connectivity index (χ1v) is 10.0. The molecule has 0 fully saturated rings. The number of imidazole rings is 3. The summed E-state index contributed by atoms with van der Waals surface area (Å²) in [6.45, 7) is 3.85. The first-order chi connectivity index (χ1) is 14.7. The Kier molecular flexibility index (Phi) is 14.3. The van der Waals surface area contributed by atoms with Gasteiger partial charge in [-0.1, -0.05) is 6.92 Å². The number of rotatable bonds is 9. The minimum Gasteiger partial charge on any atom is -1.00 e. The molecule has 0 amide bonds. The Bertz CT molecular complexity index is 825. The van der Waals surface area contributed by atoms with Gasteiger partial charge in [0.25, 0.3) is 0 Å². The molecular weight excluding hydrogens is 521 g/mol. The van der Waals surface area contributed by atoms with Gasteiger partial charge in [-0.25, -0.2) is 33.6 Å². The van der Waals surface area contributed by atoms with Crippen LogP contribution in [0.25, 0.3) is 0 Å². The largest absolute Gasteiger partial charge is 2.00 e. The van der Waals surface area contributed by atoms with E-state index in [1.807, 2.05) is 0 Å². The normalized spacial score (nSPS) is 13.4. The van der Waals surface area contributed by atoms with E-state index in [0.717, 1.165) is 17.1 Å². The van der Waals surface area contributed by atoms with Crippen molar-refractivity contribution < 1.29 is 58.4 Å². The van der Waals surface area contributed by atoms with E-state index in [2.05, 4.69) is 51.8 Å². The van der Waals surface area contributed by atoms with Gasteiger partial charge in [0.05, 0.1) is 36.1 Å². The second kappa shape index (κ2) is 15.4. The van der Waals surface area contributed by atoms with E-state index < -0.39 is 10.2 Å². The Morgan fingerprint density at radius 2 is 1.03 bits per heavy atom. The fraction of sp³-hybridized carbons (Fsp3) is 0.294. The number of hydrogen-bond acceptors (Lipinski definition) is 10. The van der Waals surface area contributed by atoms with E-state index in [0.29, 0.717) is 19.6 Å². The van der Waals surface area contributed by atoms with Crippen molar-refractivity contribution in [1.29, 1.82) is 0 Å². The standard InChI is InChI=1S/C17H21N9.ClHO4.ClH.Fe/c1-17(8-18-2-14-5-21-11-24-14,9-19-3-15-6-22-12-25-15)10-20-4-16-7-23-13-26-16;2-1(3,4)5;;/h2-7,11-13H,8-10H2,1H3,(H,21,24)(H,22,25)(H,23,26);(H,2,3,4,5);1H;/q;;;+2/p-2. The average Bonchev–Trinajstić information content (AvgIpc) is 3.44. The van der Waals surface area contributed by atoms with E-state index >= 15 is 0 Å². The molecule has 3 N–H and O–H groups in total. The van der Waals surface area contributed by atoms with Crippen LogP contribution in [0, 0.1) is 15.7 Å². The molecule has 13 nitrogen and oxygen atoms in total. The van der Waals surface area contributed by atoms with Gasteiger partial charge < -0.3 is 27.4 Å². The van der Waals surface area contributed by atoms with Crippen molar-refractivity contribution in [3.05, 3.63) is 54.7 Å². The first kappa shape index (κ1) is 30.6. The molecule has 0 aliphatic rings. The van der Waals surface area contributed by atoms with Gasteiger partial charge in [0.1, 0.15) is 0 Å². The van der Waals surface area contributed by atoms with Gasteiger partial charge in [-0.15, -0.1) is 10.2 Å². The maximum absolute atomic E-state index is 8.49. The summed E-state index contributed by atoms with van der Waals surface area (Å²) in [6, 6.07) is 0. The molecule has 0 aromatic carbocycles. The third kappa shape index (κ3) is 14.4. The van der Waals surface area contributed by atoms with Gasteiger partial charge in [-0.2, -0.15) is 0 Å². The number of nitrogens with zero attached hydrogens (tertiary/aromatic N) is 6. The molecule has 0 saturated heterocycles. The third-order valence-corrected chi connectivity index (χ3v) is 3.65. The average molecular weight is 542 g/mol. The maximum Gasteiger partial charge on any atom is 2.00 e. The summed E-state index contributed by atoms with van der Waals surface area (Å²) in [5, 5.41) is 0. The topological polar surface area (TPSA) is 215 Å². The number of halogens is 2. The molecule has 180 valence electrons. The predicted octanol–water partition coefficient (Wildman–Crippen LogP) is -6.24. The van der Waals surface area contributed by atoms with E-state index in [-0.39, 0.29) is 34.9 Å². The van der Waals surface area contributed by atoms with Crippen molar-refractivity contribution in [3.63, 3.8) is 0 Å². The molecule has 0 unspecified atom stereocenters. The monoisotopic (exact) mass is 541 g/mol. The summed E-state index contributed by atoms with van der Waals surface area (Å²) in [5.74, 6) is 0. The van der Waals surface area contributed by atoms with Crippen molar-refractivity contribution in [2.75, 3.05) is 19.6 Å². The maximum atomic E-state index is 8.49. The van der Waals surface area contributed by atoms with Gasteiger partial charge in [0.2, 0.25) is 0 Å². The van der Waals surface area contributed by atoms with Crippen LogP contribution in [0.3, 0.4) is 0 Å². The van der Waals surface area contributed by atoms with Crippen molar-refractivity contribution in [2.45, 2.75) is 6.92 Å². The fourth-order valence-electron chi connectivity index (χ4n) is 2.26. The Morgan fingerprint density at radius 3 is 1.24 bits per heavy atom. The van der Waals surface area contributed by atoms with E-state index in [1.54, 1.807) is 56.2 Å². The Morgan fingerprint density at radius 1 is 0.758 bits per heavy atom. The van der Waals surface area contributed by atoms with Gasteiger partial charge >= 0.3 is 17.1 Å². The van der Waals surface area contributed by atoms with Gasteiger partial charge in [-0.05, 0) is 0 Å². The summed E-state index contributed by atoms with van der Waals surface area (Å²) in [4.78, 5) is 34.7. The second-order valence-electron chi connectivity index (χ2n) is 6.58. The zero-order valence-corrected chi connectivity index (χ0v) is 19.9. The quantitative estimate of drug-likeness (QED) is 0.175. The zero-order valence-electron chi connectivity index (χ0n) is 17.2. The van der Waals surface area contributed by atoms with E-state index in [4.69, 9.17) is 18.6 Å². The van der Waals surface area contributed by atoms with E-state index in [9.17, 15) is 0 Å². The fourth-order valence-corrected chi connectivity index (χ4v) is 2.26. The number of aliphatic imine (C=N–C) groups is 3. The number of nitrogens with one attached hydrogen (secondary N) is 3. The molecule has 0 aliphatic heterocycles. The Hall–Kier alpha value is -2.42. The first-order valence-electron chi connectivity index (χ1n) is 8.81. The smallest absolute Gasteiger partial charge is 1.00 e. The molecule has 0 radical (unpaired) electrons. The number of aromatic nitrogens is 6. The van der Waals surface area contributed by atoms with Crippen LogP contribution in [0.15, 0.2) is 52.5 Å². The van der Waals surface area contributed by atoms with Crippen molar-refractivity contribution in [3.8, 4) is 0 Å². The Balaban J connectivity index is 0.00000133. The van der Waals surface area contributed by atoms with Crippen LogP contribution in [-0.2, 0) is 17.1 Å². The number of hydrogen-bond donors (Lipinski definition) is 3. The van der Waals surface area contributed by atoms with Crippen molar-refractivity contribution in [1.82, 2.24) is 29.9 Å². The van der Waals surface area contributed by atoms with Crippen LogP contribution in [-0.4, -0.2) is 68.2 Å². The zero-order chi connectivity index (χ0) is 22.6.